The van der Waals surface area contributed by atoms with Gasteiger partial charge in [-0.05, 0) is 6.07 Å². The molecule has 0 radical (unpaired) electrons. The van der Waals surface area contributed by atoms with Gasteiger partial charge in [0.1, 0.15) is 11.7 Å². The molecule has 0 bridgehead atoms. The van der Waals surface area contributed by atoms with E-state index in [0.717, 1.165) is 22.2 Å². The normalized spacial score (nSPS) is 10.6. The van der Waals surface area contributed by atoms with Crippen LogP contribution in [0.25, 0.3) is 22.2 Å². The van der Waals surface area contributed by atoms with E-state index in [1.165, 1.54) is 0 Å². The van der Waals surface area contributed by atoms with Crippen LogP contribution in [-0.4, -0.2) is 19.7 Å². The summed E-state index contributed by atoms with van der Waals surface area (Å²) in [6.45, 7) is 0. The zero-order valence-electron chi connectivity index (χ0n) is 9.18. The van der Waals surface area contributed by atoms with Crippen molar-refractivity contribution in [2.75, 3.05) is 0 Å². The monoisotopic (exact) mass is 223 g/mol. The number of hydrogen-bond donors (Lipinski definition) is 1. The van der Waals surface area contributed by atoms with Gasteiger partial charge >= 0.3 is 0 Å². The summed E-state index contributed by atoms with van der Waals surface area (Å²) < 4.78 is 1.74. The highest BCUT2D eigenvalue weighted by Gasteiger charge is 2.07. The molecule has 3 rings (SSSR count). The number of fused-ring (bicyclic) bond motifs is 1. The minimum atomic E-state index is 0.609. The largest absolute Gasteiger partial charge is 0.345 e. The maximum absolute atomic E-state index is 8.98. The fraction of sp³-hybridized carbons (Fsp3) is 0.0833. The molecule has 3 aromatic rings. The van der Waals surface area contributed by atoms with E-state index in [-0.39, 0.29) is 0 Å². The van der Waals surface area contributed by atoms with Crippen molar-refractivity contribution in [1.82, 2.24) is 19.7 Å². The zero-order chi connectivity index (χ0) is 11.8. The van der Waals surface area contributed by atoms with Gasteiger partial charge in [-0.1, -0.05) is 0 Å². The topological polar surface area (TPSA) is 70.3 Å². The molecule has 0 unspecified atom stereocenters. The third kappa shape index (κ3) is 1.47. The van der Waals surface area contributed by atoms with Gasteiger partial charge in [0.05, 0.1) is 11.8 Å². The first-order valence-electron chi connectivity index (χ1n) is 5.14. The zero-order valence-corrected chi connectivity index (χ0v) is 9.18. The molecule has 0 fully saturated rings. The molecule has 1 N–H and O–H groups in total. The molecule has 5 heteroatoms. The Morgan fingerprint density at radius 2 is 2.24 bits per heavy atom. The van der Waals surface area contributed by atoms with Gasteiger partial charge in [-0.2, -0.15) is 10.4 Å². The van der Waals surface area contributed by atoms with E-state index in [1.54, 1.807) is 23.3 Å². The van der Waals surface area contributed by atoms with Crippen LogP contribution in [0.5, 0.6) is 0 Å². The summed E-state index contributed by atoms with van der Waals surface area (Å²) in [5, 5.41) is 13.9. The second kappa shape index (κ2) is 3.46. The van der Waals surface area contributed by atoms with Gasteiger partial charge in [0.2, 0.25) is 0 Å². The van der Waals surface area contributed by atoms with Crippen molar-refractivity contribution in [2.45, 2.75) is 0 Å². The maximum atomic E-state index is 8.98. The van der Waals surface area contributed by atoms with E-state index in [0.29, 0.717) is 5.56 Å². The van der Waals surface area contributed by atoms with Crippen LogP contribution < -0.4 is 0 Å². The van der Waals surface area contributed by atoms with Gasteiger partial charge in [-0.3, -0.25) is 4.68 Å². The highest BCUT2D eigenvalue weighted by atomic mass is 15.2. The average Bonchev–Trinajstić information content (AvgIpc) is 2.94. The summed E-state index contributed by atoms with van der Waals surface area (Å²) in [6.07, 6.45) is 7.14. The second-order valence-corrected chi connectivity index (χ2v) is 3.84. The fourth-order valence-corrected chi connectivity index (χ4v) is 1.82. The average molecular weight is 223 g/mol. The summed E-state index contributed by atoms with van der Waals surface area (Å²) in [4.78, 5) is 7.26. The Bertz CT molecular complexity index is 729. The number of pyridine rings is 1. The van der Waals surface area contributed by atoms with Crippen molar-refractivity contribution >= 4 is 11.0 Å². The van der Waals surface area contributed by atoms with E-state index in [9.17, 15) is 0 Å². The molecule has 0 aliphatic carbocycles. The molecule has 0 aromatic carbocycles. The van der Waals surface area contributed by atoms with Gasteiger partial charge in [-0.25, -0.2) is 4.98 Å². The van der Waals surface area contributed by atoms with Gasteiger partial charge < -0.3 is 4.98 Å². The molecule has 0 saturated heterocycles. The van der Waals surface area contributed by atoms with Gasteiger partial charge in [0.15, 0.2) is 0 Å². The van der Waals surface area contributed by atoms with Crippen LogP contribution in [0.2, 0.25) is 0 Å². The summed E-state index contributed by atoms with van der Waals surface area (Å²) in [7, 11) is 1.87. The highest BCUT2D eigenvalue weighted by molar-refractivity contribution is 5.86. The van der Waals surface area contributed by atoms with Gasteiger partial charge in [0, 0.05) is 42.2 Å². The summed E-state index contributed by atoms with van der Waals surface area (Å²) in [6, 6.07) is 4.09. The predicted octanol–water partition coefficient (Wildman–Crippen LogP) is 1.84. The molecule has 3 aromatic heterocycles. The Labute approximate surface area is 97.3 Å². The lowest BCUT2D eigenvalue weighted by molar-refractivity contribution is 0.768. The number of rotatable bonds is 1. The molecule has 5 nitrogen and oxygen atoms in total. The van der Waals surface area contributed by atoms with Crippen LogP contribution in [-0.2, 0) is 7.05 Å². The molecule has 0 amide bonds. The van der Waals surface area contributed by atoms with E-state index in [2.05, 4.69) is 21.1 Å². The molecule has 0 saturated carbocycles. The highest BCUT2D eigenvalue weighted by Crippen LogP contribution is 2.23. The lowest BCUT2D eigenvalue weighted by Crippen LogP contribution is -1.84. The SMILES string of the molecule is Cn1cc(-c2cnc3[nH]cc(C#N)c3c2)cn1. The van der Waals surface area contributed by atoms with Gasteiger partial charge in [0.25, 0.3) is 0 Å². The number of H-pyrrole nitrogens is 1. The molecule has 17 heavy (non-hydrogen) atoms. The third-order valence-electron chi connectivity index (χ3n) is 2.69. The van der Waals surface area contributed by atoms with Gasteiger partial charge in [-0.15, -0.1) is 0 Å². The number of aromatic nitrogens is 4. The molecular formula is C12H9N5. The minimum absolute atomic E-state index is 0.609. The standard InChI is InChI=1S/C12H9N5/c1-17-7-10(6-16-17)8-2-11-9(3-13)5-15-12(11)14-4-8/h2,4-7H,1H3,(H,14,15). The van der Waals surface area contributed by atoms with Crippen LogP contribution in [0.4, 0.5) is 0 Å². The molecular weight excluding hydrogens is 214 g/mol. The van der Waals surface area contributed by atoms with Crippen molar-refractivity contribution in [1.29, 1.82) is 5.26 Å². The number of nitrogens with one attached hydrogen (secondary N) is 1. The van der Waals surface area contributed by atoms with Crippen LogP contribution in [0, 0.1) is 11.3 Å². The first-order chi connectivity index (χ1) is 8.28. The van der Waals surface area contributed by atoms with Crippen molar-refractivity contribution in [3.05, 3.63) is 36.4 Å². The van der Waals surface area contributed by atoms with E-state index in [4.69, 9.17) is 5.26 Å². The predicted molar refractivity (Wildman–Crippen MR) is 63.0 cm³/mol. The van der Waals surface area contributed by atoms with Crippen molar-refractivity contribution in [2.24, 2.45) is 7.05 Å². The summed E-state index contributed by atoms with van der Waals surface area (Å²) >= 11 is 0. The third-order valence-corrected chi connectivity index (χ3v) is 2.69. The molecule has 3 heterocycles. The van der Waals surface area contributed by atoms with Crippen LogP contribution in [0.1, 0.15) is 5.56 Å². The number of hydrogen-bond acceptors (Lipinski definition) is 3. The smallest absolute Gasteiger partial charge is 0.138 e. The Kier molecular flexibility index (Phi) is 1.95. The van der Waals surface area contributed by atoms with E-state index < -0.39 is 0 Å². The number of aryl methyl sites for hydroxylation is 1. The molecule has 0 aliphatic heterocycles. The van der Waals surface area contributed by atoms with Crippen molar-refractivity contribution in [3.8, 4) is 17.2 Å². The Morgan fingerprint density at radius 3 is 2.94 bits per heavy atom. The molecule has 0 aliphatic rings. The second-order valence-electron chi connectivity index (χ2n) is 3.84. The number of nitriles is 1. The first kappa shape index (κ1) is 9.60. The first-order valence-corrected chi connectivity index (χ1v) is 5.14. The van der Waals surface area contributed by atoms with Crippen LogP contribution in [0.15, 0.2) is 30.9 Å². The molecule has 82 valence electrons. The van der Waals surface area contributed by atoms with E-state index >= 15 is 0 Å². The van der Waals surface area contributed by atoms with Crippen LogP contribution in [0.3, 0.4) is 0 Å². The quantitative estimate of drug-likeness (QED) is 0.684. The number of aromatic amines is 1. The van der Waals surface area contributed by atoms with Crippen molar-refractivity contribution in [3.63, 3.8) is 0 Å². The summed E-state index contributed by atoms with van der Waals surface area (Å²) in [5.41, 5.74) is 3.29. The Morgan fingerprint density at radius 1 is 1.35 bits per heavy atom. The minimum Gasteiger partial charge on any atom is -0.345 e. The Balaban J connectivity index is 2.22. The lowest BCUT2D eigenvalue weighted by atomic mass is 10.1. The van der Waals surface area contributed by atoms with Crippen molar-refractivity contribution < 1.29 is 0 Å². The summed E-state index contributed by atoms with van der Waals surface area (Å²) in [5.74, 6) is 0. The fourth-order valence-electron chi connectivity index (χ4n) is 1.82. The Hall–Kier alpha value is -2.61. The molecule has 0 atom stereocenters. The van der Waals surface area contributed by atoms with Crippen LogP contribution >= 0.6 is 0 Å². The van der Waals surface area contributed by atoms with E-state index in [1.807, 2.05) is 19.3 Å². The molecule has 0 spiro atoms. The lowest BCUT2D eigenvalue weighted by Gasteiger charge is -1.96. The number of nitrogens with zero attached hydrogens (tertiary/aromatic N) is 4. The maximum Gasteiger partial charge on any atom is 0.138 e.